The molecule has 2 bridgehead atoms. The molecule has 1 aliphatic heterocycles. The normalized spacial score (nSPS) is 32.8. The van der Waals surface area contributed by atoms with E-state index in [4.69, 9.17) is 4.74 Å². The van der Waals surface area contributed by atoms with Gasteiger partial charge in [-0.3, -0.25) is 4.79 Å². The second-order valence-electron chi connectivity index (χ2n) is 5.78. The van der Waals surface area contributed by atoms with Crippen LogP contribution in [0.25, 0.3) is 0 Å². The van der Waals surface area contributed by atoms with Crippen LogP contribution in [-0.2, 0) is 9.53 Å². The van der Waals surface area contributed by atoms with Crippen LogP contribution in [0.5, 0.6) is 0 Å². The summed E-state index contributed by atoms with van der Waals surface area (Å²) in [6.07, 6.45) is 2.26. The van der Waals surface area contributed by atoms with Crippen molar-refractivity contribution >= 4 is 34.6 Å². The van der Waals surface area contributed by atoms with Crippen molar-refractivity contribution in [2.24, 2.45) is 5.92 Å². The maximum absolute atomic E-state index is 12.1. The fourth-order valence-corrected chi connectivity index (χ4v) is 3.47. The summed E-state index contributed by atoms with van der Waals surface area (Å²) in [6.45, 7) is 5.46. The summed E-state index contributed by atoms with van der Waals surface area (Å²) in [4.78, 5) is 25.5. The van der Waals surface area contributed by atoms with E-state index in [1.54, 1.807) is 0 Å². The van der Waals surface area contributed by atoms with Gasteiger partial charge in [0.1, 0.15) is 5.60 Å². The molecule has 1 aliphatic carbocycles. The Labute approximate surface area is 115 Å². The van der Waals surface area contributed by atoms with Gasteiger partial charge >= 0.3 is 6.09 Å². The SMILES string of the molecule is CC(C)(C)OC(=O)N1C(=O)[C@H]2CCC(I)[C@H]1C2. The Kier molecular flexibility index (Phi) is 3.40. The van der Waals surface area contributed by atoms with Gasteiger partial charge in [-0.25, -0.2) is 9.69 Å². The number of nitrogens with zero attached hydrogens (tertiary/aromatic N) is 1. The molecule has 2 aliphatic rings. The molecule has 4 nitrogen and oxygen atoms in total. The number of carbonyl (C=O) groups excluding carboxylic acids is 2. The average molecular weight is 351 g/mol. The fourth-order valence-electron chi connectivity index (χ4n) is 2.50. The lowest BCUT2D eigenvalue weighted by molar-refractivity contribution is -0.130. The van der Waals surface area contributed by atoms with Crippen molar-refractivity contribution in [3.05, 3.63) is 0 Å². The van der Waals surface area contributed by atoms with Crippen molar-refractivity contribution in [1.82, 2.24) is 4.90 Å². The first-order valence-corrected chi connectivity index (χ1v) is 7.24. The Morgan fingerprint density at radius 2 is 2.06 bits per heavy atom. The maximum Gasteiger partial charge on any atom is 0.417 e. The van der Waals surface area contributed by atoms with Crippen LogP contribution in [0.4, 0.5) is 4.79 Å². The summed E-state index contributed by atoms with van der Waals surface area (Å²) < 4.78 is 5.68. The lowest BCUT2D eigenvalue weighted by atomic mass is 9.90. The summed E-state index contributed by atoms with van der Waals surface area (Å²) in [7, 11) is 0. The summed E-state index contributed by atoms with van der Waals surface area (Å²) in [6, 6.07) is 0.0386. The number of likely N-dealkylation sites (tertiary alicyclic amines) is 1. The number of ether oxygens (including phenoxy) is 1. The number of rotatable bonds is 0. The minimum atomic E-state index is -0.547. The predicted molar refractivity (Wildman–Crippen MR) is 72.0 cm³/mol. The number of amides is 2. The molecule has 0 aromatic carbocycles. The lowest BCUT2D eigenvalue weighted by Gasteiger charge is -2.29. The highest BCUT2D eigenvalue weighted by Gasteiger charge is 2.49. The van der Waals surface area contributed by atoms with Gasteiger partial charge in [0.25, 0.3) is 0 Å². The van der Waals surface area contributed by atoms with Gasteiger partial charge in [0.15, 0.2) is 0 Å². The van der Waals surface area contributed by atoms with Crippen LogP contribution >= 0.6 is 22.6 Å². The monoisotopic (exact) mass is 351 g/mol. The van der Waals surface area contributed by atoms with Gasteiger partial charge in [0.05, 0.1) is 6.04 Å². The van der Waals surface area contributed by atoms with E-state index in [1.807, 2.05) is 20.8 Å². The van der Waals surface area contributed by atoms with Gasteiger partial charge in [-0.1, -0.05) is 22.6 Å². The first-order valence-electron chi connectivity index (χ1n) is 6.00. The molecule has 2 fully saturated rings. The first-order chi connectivity index (χ1) is 7.79. The number of hydrogen-bond acceptors (Lipinski definition) is 3. The zero-order chi connectivity index (χ0) is 12.8. The topological polar surface area (TPSA) is 46.6 Å². The van der Waals surface area contributed by atoms with Crippen LogP contribution in [0.3, 0.4) is 0 Å². The van der Waals surface area contributed by atoms with Crippen molar-refractivity contribution in [2.75, 3.05) is 0 Å². The molecule has 2 rings (SSSR count). The Bertz CT molecular complexity index is 350. The van der Waals surface area contributed by atoms with E-state index < -0.39 is 11.7 Å². The maximum atomic E-state index is 12.1. The summed E-state index contributed by atoms with van der Waals surface area (Å²) in [5.74, 6) is 0.00181. The van der Waals surface area contributed by atoms with E-state index in [9.17, 15) is 9.59 Å². The molecule has 0 aromatic heterocycles. The van der Waals surface area contributed by atoms with Crippen molar-refractivity contribution < 1.29 is 14.3 Å². The van der Waals surface area contributed by atoms with Crippen LogP contribution < -0.4 is 0 Å². The van der Waals surface area contributed by atoms with E-state index >= 15 is 0 Å². The Morgan fingerprint density at radius 1 is 1.41 bits per heavy atom. The first kappa shape index (κ1) is 13.1. The van der Waals surface area contributed by atoms with E-state index in [0.717, 1.165) is 19.3 Å². The number of halogens is 1. The zero-order valence-electron chi connectivity index (χ0n) is 10.4. The molecule has 0 spiro atoms. The third-order valence-electron chi connectivity index (χ3n) is 3.24. The predicted octanol–water partition coefficient (Wildman–Crippen LogP) is 2.74. The molecule has 0 radical (unpaired) electrons. The quantitative estimate of drug-likeness (QED) is 0.498. The molecule has 1 saturated heterocycles. The molecule has 1 saturated carbocycles. The standard InChI is InChI=1S/C12H18INO3/c1-12(2,3)17-11(16)14-9-6-7(10(14)15)4-5-8(9)13/h7-9H,4-6H2,1-3H3/t7-,8?,9+/m0/s1. The molecule has 96 valence electrons. The molecule has 1 heterocycles. The Morgan fingerprint density at radius 3 is 2.65 bits per heavy atom. The highest BCUT2D eigenvalue weighted by molar-refractivity contribution is 14.1. The van der Waals surface area contributed by atoms with E-state index in [0.29, 0.717) is 3.92 Å². The molecule has 3 atom stereocenters. The van der Waals surface area contributed by atoms with Gasteiger partial charge in [-0.15, -0.1) is 0 Å². The number of alkyl halides is 1. The van der Waals surface area contributed by atoms with Crippen LogP contribution in [0.2, 0.25) is 0 Å². The number of carbonyl (C=O) groups is 2. The van der Waals surface area contributed by atoms with Crippen molar-refractivity contribution in [3.63, 3.8) is 0 Å². The molecule has 17 heavy (non-hydrogen) atoms. The molecular formula is C12H18INO3. The fraction of sp³-hybridized carbons (Fsp3) is 0.833. The summed E-state index contributed by atoms with van der Waals surface area (Å²) >= 11 is 2.34. The van der Waals surface area contributed by atoms with E-state index in [1.165, 1.54) is 4.90 Å². The van der Waals surface area contributed by atoms with Gasteiger partial charge in [0.2, 0.25) is 5.91 Å². The van der Waals surface area contributed by atoms with Gasteiger partial charge in [0, 0.05) is 9.84 Å². The van der Waals surface area contributed by atoms with Gasteiger partial charge < -0.3 is 4.74 Å². The third kappa shape index (κ3) is 2.58. The Balaban J connectivity index is 2.15. The van der Waals surface area contributed by atoms with E-state index in [2.05, 4.69) is 22.6 Å². The van der Waals surface area contributed by atoms with Crippen molar-refractivity contribution in [3.8, 4) is 0 Å². The van der Waals surface area contributed by atoms with Gasteiger partial charge in [-0.05, 0) is 40.0 Å². The second-order valence-corrected chi connectivity index (χ2v) is 7.38. The van der Waals surface area contributed by atoms with Crippen LogP contribution in [-0.4, -0.2) is 32.5 Å². The van der Waals surface area contributed by atoms with E-state index in [-0.39, 0.29) is 17.9 Å². The minimum absolute atomic E-state index is 0.0385. The smallest absolute Gasteiger partial charge is 0.417 e. The third-order valence-corrected chi connectivity index (χ3v) is 4.70. The van der Waals surface area contributed by atoms with Crippen LogP contribution in [0.15, 0.2) is 0 Å². The molecule has 0 aromatic rings. The molecule has 0 N–H and O–H groups in total. The highest BCUT2D eigenvalue weighted by atomic mass is 127. The second kappa shape index (κ2) is 4.40. The van der Waals surface area contributed by atoms with Gasteiger partial charge in [-0.2, -0.15) is 0 Å². The number of fused-ring (bicyclic) bond motifs is 2. The minimum Gasteiger partial charge on any atom is -0.443 e. The highest BCUT2D eigenvalue weighted by Crippen LogP contribution is 2.40. The van der Waals surface area contributed by atoms with Crippen molar-refractivity contribution in [1.29, 1.82) is 0 Å². The van der Waals surface area contributed by atoms with Crippen molar-refractivity contribution in [2.45, 2.75) is 55.6 Å². The average Bonchev–Trinajstić information content (AvgIpc) is 2.44. The number of imide groups is 1. The molecule has 5 heteroatoms. The number of hydrogen-bond donors (Lipinski definition) is 0. The lowest BCUT2D eigenvalue weighted by Crippen LogP contribution is -2.45. The molecule has 2 amide bonds. The zero-order valence-corrected chi connectivity index (χ0v) is 12.6. The molecular weight excluding hydrogens is 333 g/mol. The largest absolute Gasteiger partial charge is 0.443 e. The summed E-state index contributed by atoms with van der Waals surface area (Å²) in [5, 5.41) is 0. The molecule has 1 unspecified atom stereocenters. The van der Waals surface area contributed by atoms with Crippen LogP contribution in [0, 0.1) is 5.92 Å². The summed E-state index contributed by atoms with van der Waals surface area (Å²) in [5.41, 5.74) is -0.547. The Hall–Kier alpha value is -0.330. The van der Waals surface area contributed by atoms with Crippen LogP contribution in [0.1, 0.15) is 40.0 Å².